The van der Waals surface area contributed by atoms with E-state index in [0.717, 1.165) is 19.6 Å². The molecule has 0 aromatic rings. The highest BCUT2D eigenvalue weighted by Crippen LogP contribution is 2.25. The van der Waals surface area contributed by atoms with Crippen molar-refractivity contribution in [2.24, 2.45) is 16.6 Å². The van der Waals surface area contributed by atoms with E-state index in [0.29, 0.717) is 24.1 Å². The molecule has 15 heavy (non-hydrogen) atoms. The van der Waals surface area contributed by atoms with Gasteiger partial charge in [0.05, 0.1) is 12.2 Å². The molecular weight excluding hydrogens is 190 g/mol. The summed E-state index contributed by atoms with van der Waals surface area (Å²) in [6.07, 6.45) is 3.13. The first kappa shape index (κ1) is 10.7. The van der Waals surface area contributed by atoms with E-state index in [-0.39, 0.29) is 0 Å². The zero-order valence-electron chi connectivity index (χ0n) is 9.65. The summed E-state index contributed by atoms with van der Waals surface area (Å²) in [6.45, 7) is 6.96. The lowest BCUT2D eigenvalue weighted by molar-refractivity contribution is -0.0161. The summed E-state index contributed by atoms with van der Waals surface area (Å²) in [4.78, 5) is 6.58. The average molecular weight is 211 g/mol. The molecule has 0 radical (unpaired) electrons. The predicted octanol–water partition coefficient (Wildman–Crippen LogP) is 0.820. The number of guanidine groups is 1. The second-order valence-corrected chi connectivity index (χ2v) is 4.96. The van der Waals surface area contributed by atoms with Crippen molar-refractivity contribution < 1.29 is 4.74 Å². The number of rotatable bonds is 2. The van der Waals surface area contributed by atoms with Gasteiger partial charge in [-0.05, 0) is 18.8 Å². The molecule has 0 amide bonds. The third-order valence-corrected chi connectivity index (χ3v) is 2.99. The fourth-order valence-electron chi connectivity index (χ4n) is 2.18. The molecule has 0 aliphatic carbocycles. The Morgan fingerprint density at radius 3 is 2.53 bits per heavy atom. The Bertz CT molecular complexity index is 240. The molecule has 0 saturated carbocycles. The van der Waals surface area contributed by atoms with Gasteiger partial charge < -0.3 is 15.4 Å². The fourth-order valence-corrected chi connectivity index (χ4v) is 2.18. The van der Waals surface area contributed by atoms with Crippen LogP contribution in [0.3, 0.4) is 0 Å². The molecule has 4 nitrogen and oxygen atoms in total. The largest absolute Gasteiger partial charge is 0.371 e. The molecule has 0 spiro atoms. The van der Waals surface area contributed by atoms with Crippen LogP contribution < -0.4 is 5.73 Å². The number of fused-ring (bicyclic) bond motifs is 2. The van der Waals surface area contributed by atoms with Crippen LogP contribution in [0.15, 0.2) is 4.99 Å². The third kappa shape index (κ3) is 2.62. The van der Waals surface area contributed by atoms with Crippen molar-refractivity contribution in [1.82, 2.24) is 4.90 Å². The Morgan fingerprint density at radius 1 is 1.40 bits per heavy atom. The van der Waals surface area contributed by atoms with Crippen LogP contribution in [0.4, 0.5) is 0 Å². The highest BCUT2D eigenvalue weighted by Gasteiger charge is 2.34. The minimum Gasteiger partial charge on any atom is -0.371 e. The van der Waals surface area contributed by atoms with Crippen LogP contribution in [0.2, 0.25) is 0 Å². The number of hydrogen-bond acceptors (Lipinski definition) is 2. The van der Waals surface area contributed by atoms with Gasteiger partial charge >= 0.3 is 0 Å². The lowest BCUT2D eigenvalue weighted by Crippen LogP contribution is -2.49. The maximum atomic E-state index is 5.97. The minimum atomic E-state index is 0.386. The first-order valence-electron chi connectivity index (χ1n) is 5.85. The molecule has 0 aromatic carbocycles. The first-order valence-corrected chi connectivity index (χ1v) is 5.85. The molecular formula is C11H21N3O. The second kappa shape index (κ2) is 4.39. The van der Waals surface area contributed by atoms with Gasteiger partial charge in [-0.3, -0.25) is 4.99 Å². The minimum absolute atomic E-state index is 0.386. The molecule has 2 unspecified atom stereocenters. The van der Waals surface area contributed by atoms with E-state index in [9.17, 15) is 0 Å². The normalized spacial score (nSPS) is 31.4. The van der Waals surface area contributed by atoms with Gasteiger partial charge in [-0.2, -0.15) is 0 Å². The molecule has 2 rings (SSSR count). The molecule has 2 saturated heterocycles. The van der Waals surface area contributed by atoms with Gasteiger partial charge in [0.15, 0.2) is 5.96 Å². The molecule has 2 atom stereocenters. The summed E-state index contributed by atoms with van der Waals surface area (Å²) in [5.74, 6) is 1.27. The van der Waals surface area contributed by atoms with Crippen molar-refractivity contribution in [2.45, 2.75) is 38.9 Å². The summed E-state index contributed by atoms with van der Waals surface area (Å²) in [6, 6.07) is 0. The number of hydrogen-bond donors (Lipinski definition) is 1. The standard InChI is InChI=1S/C11H21N3O/c1-8(2)5-13-11(12)14-6-9-3-4-10(7-14)15-9/h8-10H,3-7H2,1-2H3,(H2,12,13). The summed E-state index contributed by atoms with van der Waals surface area (Å²) in [5, 5.41) is 0. The van der Waals surface area contributed by atoms with Gasteiger partial charge in [0.2, 0.25) is 0 Å². The van der Waals surface area contributed by atoms with Crippen LogP contribution in [0.25, 0.3) is 0 Å². The van der Waals surface area contributed by atoms with Crippen molar-refractivity contribution in [1.29, 1.82) is 0 Å². The molecule has 2 bridgehead atoms. The zero-order chi connectivity index (χ0) is 10.8. The number of nitrogens with zero attached hydrogens (tertiary/aromatic N) is 2. The molecule has 0 aromatic heterocycles. The van der Waals surface area contributed by atoms with E-state index in [4.69, 9.17) is 10.5 Å². The zero-order valence-corrected chi connectivity index (χ0v) is 9.65. The molecule has 2 aliphatic heterocycles. The van der Waals surface area contributed by atoms with Gasteiger partial charge in [0, 0.05) is 19.6 Å². The lowest BCUT2D eigenvalue weighted by Gasteiger charge is -2.32. The molecule has 2 heterocycles. The predicted molar refractivity (Wildman–Crippen MR) is 60.8 cm³/mol. The molecule has 4 heteroatoms. The van der Waals surface area contributed by atoms with Crippen LogP contribution in [0.1, 0.15) is 26.7 Å². The van der Waals surface area contributed by atoms with Gasteiger partial charge in [-0.15, -0.1) is 0 Å². The monoisotopic (exact) mass is 211 g/mol. The van der Waals surface area contributed by atoms with Crippen LogP contribution in [-0.2, 0) is 4.74 Å². The number of likely N-dealkylation sites (tertiary alicyclic amines) is 1. The molecule has 2 aliphatic rings. The van der Waals surface area contributed by atoms with Crippen LogP contribution >= 0.6 is 0 Å². The van der Waals surface area contributed by atoms with Crippen LogP contribution in [0, 0.1) is 5.92 Å². The summed E-state index contributed by atoms with van der Waals surface area (Å²) in [5.41, 5.74) is 5.97. The Balaban J connectivity index is 1.90. The van der Waals surface area contributed by atoms with Crippen molar-refractivity contribution in [3.8, 4) is 0 Å². The topological polar surface area (TPSA) is 50.8 Å². The SMILES string of the molecule is CC(C)CN=C(N)N1CC2CCC(C1)O2. The van der Waals surface area contributed by atoms with E-state index in [1.807, 2.05) is 0 Å². The number of ether oxygens (including phenoxy) is 1. The second-order valence-electron chi connectivity index (χ2n) is 4.96. The van der Waals surface area contributed by atoms with Gasteiger partial charge in [0.25, 0.3) is 0 Å². The summed E-state index contributed by atoms with van der Waals surface area (Å²) in [7, 11) is 0. The highest BCUT2D eigenvalue weighted by molar-refractivity contribution is 5.78. The van der Waals surface area contributed by atoms with E-state index in [2.05, 4.69) is 23.7 Å². The van der Waals surface area contributed by atoms with E-state index < -0.39 is 0 Å². The highest BCUT2D eigenvalue weighted by atomic mass is 16.5. The van der Waals surface area contributed by atoms with E-state index in [1.165, 1.54) is 12.8 Å². The Morgan fingerprint density at radius 2 is 2.00 bits per heavy atom. The van der Waals surface area contributed by atoms with Crippen LogP contribution in [-0.4, -0.2) is 42.7 Å². The smallest absolute Gasteiger partial charge is 0.191 e. The summed E-state index contributed by atoms with van der Waals surface area (Å²) < 4.78 is 5.75. The van der Waals surface area contributed by atoms with Crippen molar-refractivity contribution >= 4 is 5.96 Å². The van der Waals surface area contributed by atoms with Crippen molar-refractivity contribution in [2.75, 3.05) is 19.6 Å². The van der Waals surface area contributed by atoms with Gasteiger partial charge in [0.1, 0.15) is 0 Å². The Labute approximate surface area is 91.5 Å². The fraction of sp³-hybridized carbons (Fsp3) is 0.909. The molecule has 2 fully saturated rings. The first-order chi connectivity index (χ1) is 7.15. The third-order valence-electron chi connectivity index (χ3n) is 2.99. The quantitative estimate of drug-likeness (QED) is 0.543. The number of aliphatic imine (C=N–C) groups is 1. The molecule has 86 valence electrons. The van der Waals surface area contributed by atoms with Crippen molar-refractivity contribution in [3.63, 3.8) is 0 Å². The van der Waals surface area contributed by atoms with Gasteiger partial charge in [-0.1, -0.05) is 13.8 Å². The Kier molecular flexibility index (Phi) is 3.14. The van der Waals surface area contributed by atoms with Crippen LogP contribution in [0.5, 0.6) is 0 Å². The average Bonchev–Trinajstić information content (AvgIpc) is 2.54. The summed E-state index contributed by atoms with van der Waals surface area (Å²) >= 11 is 0. The molecule has 2 N–H and O–H groups in total. The van der Waals surface area contributed by atoms with E-state index >= 15 is 0 Å². The van der Waals surface area contributed by atoms with Crippen molar-refractivity contribution in [3.05, 3.63) is 0 Å². The maximum Gasteiger partial charge on any atom is 0.191 e. The lowest BCUT2D eigenvalue weighted by atomic mass is 10.2. The maximum absolute atomic E-state index is 5.97. The number of morpholine rings is 1. The van der Waals surface area contributed by atoms with Gasteiger partial charge in [-0.25, -0.2) is 0 Å². The number of nitrogens with two attached hydrogens (primary N) is 1. The van der Waals surface area contributed by atoms with E-state index in [1.54, 1.807) is 0 Å². The Hall–Kier alpha value is -0.770.